The van der Waals surface area contributed by atoms with Crippen LogP contribution < -0.4 is 51.4 Å². The van der Waals surface area contributed by atoms with Crippen molar-refractivity contribution in [1.29, 1.82) is 9.56 Å². The summed E-state index contributed by atoms with van der Waals surface area (Å²) in [6.45, 7) is 2.08. The predicted molar refractivity (Wildman–Crippen MR) is 213 cm³/mol. The van der Waals surface area contributed by atoms with Crippen LogP contribution in [0.4, 0.5) is 20.4 Å². The maximum Gasteiger partial charge on any atom is 1.00 e. The summed E-state index contributed by atoms with van der Waals surface area (Å²) in [5.74, 6) is -0.529. The van der Waals surface area contributed by atoms with Crippen molar-refractivity contribution in [3.63, 3.8) is 0 Å². The van der Waals surface area contributed by atoms with E-state index < -0.39 is 31.6 Å². The van der Waals surface area contributed by atoms with Gasteiger partial charge >= 0.3 is 35.3 Å². The summed E-state index contributed by atoms with van der Waals surface area (Å²) in [4.78, 5) is 16.8. The third kappa shape index (κ3) is 9.92. The van der Waals surface area contributed by atoms with Crippen LogP contribution in [0.3, 0.4) is 0 Å². The largest absolute Gasteiger partial charge is 1.00 e. The number of amidine groups is 1. The van der Waals surface area contributed by atoms with Crippen molar-refractivity contribution in [2.24, 2.45) is 4.99 Å². The molecular weight excluding hydrogens is 870 g/mol. The monoisotopic (exact) mass is 912 g/mol. The van der Waals surface area contributed by atoms with E-state index in [1.165, 1.54) is 41.3 Å². The second-order valence-electron chi connectivity index (χ2n) is 15.1. The zero-order chi connectivity index (χ0) is 42.3. The molecule has 22 nitrogen and oxygen atoms in total. The van der Waals surface area contributed by atoms with Gasteiger partial charge in [-0.05, 0) is 106 Å². The van der Waals surface area contributed by atoms with Crippen LogP contribution in [0.25, 0.3) is 11.5 Å². The molecule has 2 fully saturated rings. The fourth-order valence-corrected chi connectivity index (χ4v) is 9.60. The Labute approximate surface area is 375 Å². The van der Waals surface area contributed by atoms with E-state index in [4.69, 9.17) is 23.3 Å². The summed E-state index contributed by atoms with van der Waals surface area (Å²) in [5.41, 5.74) is 5.92. The number of hydrogen-bond donors (Lipinski definition) is 6. The molecule has 2 unspecified atom stereocenters. The zero-order valence-electron chi connectivity index (χ0n) is 33.8. The smallest absolute Gasteiger partial charge is 0.870 e. The molecule has 0 saturated carbocycles. The van der Waals surface area contributed by atoms with Gasteiger partial charge in [-0.2, -0.15) is 0 Å². The minimum atomic E-state index is -2.73. The van der Waals surface area contributed by atoms with Crippen molar-refractivity contribution < 1.29 is 71.2 Å². The molecule has 2 aliphatic heterocycles. The Morgan fingerprint density at radius 1 is 0.806 bits per heavy atom. The molecule has 328 valence electrons. The van der Waals surface area contributed by atoms with Crippen molar-refractivity contribution >= 4 is 37.3 Å². The van der Waals surface area contributed by atoms with Crippen molar-refractivity contribution in [2.75, 3.05) is 49.3 Å². The Kier molecular flexibility index (Phi) is 14.3. The Bertz CT molecular complexity index is 2700. The molecular formula is C35H43F2N14NaO8S2. The first-order chi connectivity index (χ1) is 28.7. The minimum Gasteiger partial charge on any atom is -0.870 e. The molecule has 5 aromatic rings. The summed E-state index contributed by atoms with van der Waals surface area (Å²) in [6, 6.07) is 8.38. The average Bonchev–Trinajstić information content (AvgIpc) is 3.95. The Balaban J connectivity index is 0.000000201. The topological polar surface area (TPSA) is 313 Å². The van der Waals surface area contributed by atoms with E-state index in [-0.39, 0.29) is 87.8 Å². The van der Waals surface area contributed by atoms with E-state index in [0.717, 1.165) is 16.7 Å². The van der Waals surface area contributed by atoms with E-state index in [1.54, 1.807) is 20.7 Å². The maximum absolute atomic E-state index is 13.7. The van der Waals surface area contributed by atoms with Crippen LogP contribution in [0.15, 0.2) is 60.0 Å². The van der Waals surface area contributed by atoms with Gasteiger partial charge in [-0.3, -0.25) is 20.2 Å². The van der Waals surface area contributed by atoms with Crippen molar-refractivity contribution in [3.05, 3.63) is 86.5 Å². The van der Waals surface area contributed by atoms with Gasteiger partial charge in [0.05, 0.1) is 12.1 Å². The van der Waals surface area contributed by atoms with Crippen LogP contribution in [0.2, 0.25) is 0 Å². The number of rotatable bonds is 10. The van der Waals surface area contributed by atoms with Gasteiger partial charge in [0.25, 0.3) is 0 Å². The van der Waals surface area contributed by atoms with Gasteiger partial charge in [0.1, 0.15) is 31.5 Å². The van der Waals surface area contributed by atoms with Gasteiger partial charge in [-0.15, -0.1) is 0 Å². The number of anilines is 2. The normalized spacial score (nSPS) is 21.1. The van der Waals surface area contributed by atoms with E-state index in [2.05, 4.69) is 41.4 Å². The molecule has 2 aromatic carbocycles. The first-order valence-corrected chi connectivity index (χ1v) is 22.8. The summed E-state index contributed by atoms with van der Waals surface area (Å²) in [6.07, 6.45) is 6.65. The molecule has 9 rings (SSSR count). The number of piperidine rings is 2. The number of nitrogens with one attached hydrogen (secondary N) is 5. The quantitative estimate of drug-likeness (QED) is 0.0471. The van der Waals surface area contributed by atoms with Crippen LogP contribution in [0.5, 0.6) is 0 Å². The van der Waals surface area contributed by atoms with Gasteiger partial charge in [0.15, 0.2) is 17.2 Å². The molecule has 2 aliphatic carbocycles. The number of fused-ring (bicyclic) bond motifs is 2. The van der Waals surface area contributed by atoms with Gasteiger partial charge in [0.2, 0.25) is 17.5 Å². The van der Waals surface area contributed by atoms with Crippen molar-refractivity contribution in [2.45, 2.75) is 62.7 Å². The standard InChI is InChI=1S/C18H20FN7O4S.C17H22FN7O3S.Na.H2O/c1-31(20,28)25-6-4-12(5-7-25)21-16-15(22-30-23-16)17-24-29-18(27)26(17)14-8-10-2-3-11(19)9-13(10)14;1-29(19,27)25-6-4-12(5-7-25)20-17-15(23-28-24-17)16(22-26)21-14-8-10-2-3-11(18)9-13(10)14;;/h2-3,9,12,14,20H,4-8H2,1H3,(H,21,23);2-3,9,12,14,19,26H,4-8H2,1H3,(H,20,24)(H,21,22);;1H2/q;;+1;/p-1/t14-,31?;14-,29?;;/m00../s1. The number of benzene rings is 2. The molecule has 4 atom stereocenters. The fraction of sp³-hybridized carbons (Fsp3) is 0.457. The van der Waals surface area contributed by atoms with E-state index in [0.29, 0.717) is 81.9 Å². The molecule has 0 spiro atoms. The Hall–Kier alpha value is -4.67. The molecule has 5 heterocycles. The van der Waals surface area contributed by atoms with E-state index >= 15 is 0 Å². The summed E-state index contributed by atoms with van der Waals surface area (Å²) in [5, 5.41) is 35.4. The van der Waals surface area contributed by atoms with E-state index in [1.807, 2.05) is 5.48 Å². The number of hydrogen-bond acceptors (Lipinski definition) is 18. The van der Waals surface area contributed by atoms with Crippen LogP contribution in [-0.2, 0) is 32.7 Å². The second kappa shape index (κ2) is 19.0. The Morgan fingerprint density at radius 2 is 1.34 bits per heavy atom. The number of aliphatic imine (C=N–C) groups is 1. The molecule has 0 radical (unpaired) electrons. The van der Waals surface area contributed by atoms with Crippen molar-refractivity contribution in [3.8, 4) is 11.5 Å². The summed E-state index contributed by atoms with van der Waals surface area (Å²) >= 11 is 0. The van der Waals surface area contributed by atoms with Gasteiger partial charge in [-0.1, -0.05) is 17.3 Å². The molecule has 62 heavy (non-hydrogen) atoms. The maximum atomic E-state index is 13.7. The fourth-order valence-electron chi connectivity index (χ4n) is 7.78. The number of halogens is 2. The predicted octanol–water partition coefficient (Wildman–Crippen LogP) is 0.165. The number of aromatic nitrogens is 6. The second-order valence-corrected chi connectivity index (χ2v) is 19.3. The van der Waals surface area contributed by atoms with Gasteiger partial charge < -0.3 is 16.1 Å². The first kappa shape index (κ1) is 46.8. The summed E-state index contributed by atoms with van der Waals surface area (Å²) in [7, 11) is -5.43. The van der Waals surface area contributed by atoms with Crippen LogP contribution in [-0.4, -0.2) is 115 Å². The third-order valence-electron chi connectivity index (χ3n) is 11.1. The van der Waals surface area contributed by atoms with Crippen LogP contribution in [0.1, 0.15) is 65.7 Å². The molecule has 3 aromatic heterocycles. The molecule has 2 saturated heterocycles. The molecule has 0 amide bonds. The van der Waals surface area contributed by atoms with Crippen molar-refractivity contribution in [1.82, 2.24) is 44.4 Å². The first-order valence-electron chi connectivity index (χ1n) is 19.0. The molecule has 27 heteroatoms. The van der Waals surface area contributed by atoms with Gasteiger partial charge in [-0.25, -0.2) is 54.0 Å². The van der Waals surface area contributed by atoms with E-state index in [9.17, 15) is 27.2 Å². The molecule has 4 aliphatic rings. The third-order valence-corrected chi connectivity index (χ3v) is 13.8. The minimum absolute atomic E-state index is 0. The number of hydroxylamine groups is 1. The molecule has 7 N–H and O–H groups in total. The Morgan fingerprint density at radius 3 is 1.92 bits per heavy atom. The van der Waals surface area contributed by atoms with Crippen LogP contribution in [0, 0.1) is 21.2 Å². The molecule has 0 bridgehead atoms. The van der Waals surface area contributed by atoms with Crippen LogP contribution >= 0.6 is 0 Å². The SMILES string of the molecule is CS(=N)(=O)N1CCC(Nc2nonc2-c2noc(=O)n2[C@H]2Cc3ccc(F)cc32)CC1.CS(=N)(=O)N1CCC(Nc2nonc2C(=N[C@H]2Cc3ccc(F)cc32)NO)CC1.[Na+].[OH-]. The zero-order valence-corrected chi connectivity index (χ0v) is 37.4. The average molecular weight is 913 g/mol. The van der Waals surface area contributed by atoms with Gasteiger partial charge in [0, 0.05) is 50.8 Å². The summed E-state index contributed by atoms with van der Waals surface area (Å²) < 4.78 is 85.6. The number of nitrogens with zero attached hydrogens (tertiary/aromatic N) is 9.